The third kappa shape index (κ3) is 3.01. The lowest BCUT2D eigenvalue weighted by Gasteiger charge is -2.39. The van der Waals surface area contributed by atoms with E-state index in [0.717, 1.165) is 5.92 Å². The molecule has 1 saturated heterocycles. The topological polar surface area (TPSA) is 18.5 Å². The van der Waals surface area contributed by atoms with Crippen LogP contribution in [0.3, 0.4) is 0 Å². The van der Waals surface area contributed by atoms with E-state index >= 15 is 0 Å². The molecule has 100 valence electrons. The first-order chi connectivity index (χ1) is 8.16. The molecule has 1 aliphatic carbocycles. The van der Waals surface area contributed by atoms with Crippen LogP contribution in [0.15, 0.2) is 0 Å². The van der Waals surface area contributed by atoms with Crippen molar-refractivity contribution in [2.45, 2.75) is 37.6 Å². The summed E-state index contributed by atoms with van der Waals surface area (Å²) in [4.78, 5) is 5.19. The Morgan fingerprint density at radius 2 is 2.00 bits per heavy atom. The number of nitrogens with one attached hydrogen (secondary N) is 1. The van der Waals surface area contributed by atoms with Gasteiger partial charge in [0.25, 0.3) is 0 Å². The quantitative estimate of drug-likeness (QED) is 0.782. The molecule has 1 N–H and O–H groups in total. The van der Waals surface area contributed by atoms with Crippen molar-refractivity contribution >= 4 is 0 Å². The average Bonchev–Trinajstić information content (AvgIpc) is 2.90. The first-order valence-corrected chi connectivity index (χ1v) is 7.21. The molecule has 3 nitrogen and oxygen atoms in total. The summed E-state index contributed by atoms with van der Waals surface area (Å²) in [7, 11) is 6.61. The van der Waals surface area contributed by atoms with Gasteiger partial charge < -0.3 is 15.1 Å². The van der Waals surface area contributed by atoms with Gasteiger partial charge in [-0.3, -0.25) is 0 Å². The van der Waals surface area contributed by atoms with Gasteiger partial charge in [0.1, 0.15) is 0 Å². The number of hydrogen-bond donors (Lipinski definition) is 1. The SMILES string of the molecule is CNCC1CCN(CC2(N(C)C)CCCC2)C1. The van der Waals surface area contributed by atoms with Gasteiger partial charge in [0.15, 0.2) is 0 Å². The maximum absolute atomic E-state index is 3.32. The summed E-state index contributed by atoms with van der Waals surface area (Å²) in [5.74, 6) is 0.876. The van der Waals surface area contributed by atoms with E-state index in [2.05, 4.69) is 36.3 Å². The zero-order valence-electron chi connectivity index (χ0n) is 11.8. The fourth-order valence-electron chi connectivity index (χ4n) is 3.71. The van der Waals surface area contributed by atoms with Crippen LogP contribution >= 0.6 is 0 Å². The lowest BCUT2D eigenvalue weighted by atomic mass is 9.95. The van der Waals surface area contributed by atoms with Crippen LogP contribution < -0.4 is 5.32 Å². The minimum Gasteiger partial charge on any atom is -0.319 e. The lowest BCUT2D eigenvalue weighted by Crippen LogP contribution is -2.50. The number of likely N-dealkylation sites (N-methyl/N-ethyl adjacent to an activating group) is 1. The molecule has 1 heterocycles. The number of rotatable bonds is 5. The fourth-order valence-corrected chi connectivity index (χ4v) is 3.71. The van der Waals surface area contributed by atoms with E-state index in [1.54, 1.807) is 0 Å². The summed E-state index contributed by atoms with van der Waals surface area (Å²) in [6.45, 7) is 5.09. The van der Waals surface area contributed by atoms with Crippen molar-refractivity contribution in [1.82, 2.24) is 15.1 Å². The third-order valence-electron chi connectivity index (χ3n) is 4.86. The molecule has 2 fully saturated rings. The van der Waals surface area contributed by atoms with E-state index in [0.29, 0.717) is 5.54 Å². The van der Waals surface area contributed by atoms with E-state index in [9.17, 15) is 0 Å². The zero-order chi connectivity index (χ0) is 12.3. The Balaban J connectivity index is 1.87. The van der Waals surface area contributed by atoms with Crippen LogP contribution in [-0.2, 0) is 0 Å². The largest absolute Gasteiger partial charge is 0.319 e. The summed E-state index contributed by atoms with van der Waals surface area (Å²) in [6.07, 6.45) is 7.02. The molecule has 0 amide bonds. The summed E-state index contributed by atoms with van der Waals surface area (Å²) < 4.78 is 0. The van der Waals surface area contributed by atoms with Gasteiger partial charge in [-0.05, 0) is 59.4 Å². The van der Waals surface area contributed by atoms with Crippen molar-refractivity contribution in [3.63, 3.8) is 0 Å². The minimum atomic E-state index is 0.481. The molecule has 1 atom stereocenters. The molecular weight excluding hydrogens is 210 g/mol. The highest BCUT2D eigenvalue weighted by Crippen LogP contribution is 2.35. The van der Waals surface area contributed by atoms with E-state index in [-0.39, 0.29) is 0 Å². The third-order valence-corrected chi connectivity index (χ3v) is 4.86. The number of nitrogens with zero attached hydrogens (tertiary/aromatic N) is 2. The molecule has 1 aliphatic heterocycles. The maximum atomic E-state index is 3.32. The molecule has 1 unspecified atom stereocenters. The molecule has 0 spiro atoms. The van der Waals surface area contributed by atoms with E-state index in [4.69, 9.17) is 0 Å². The summed E-state index contributed by atoms with van der Waals surface area (Å²) in [5.41, 5.74) is 0.481. The summed E-state index contributed by atoms with van der Waals surface area (Å²) in [6, 6.07) is 0. The lowest BCUT2D eigenvalue weighted by molar-refractivity contribution is 0.103. The predicted molar refractivity (Wildman–Crippen MR) is 73.4 cm³/mol. The van der Waals surface area contributed by atoms with E-state index in [1.165, 1.54) is 58.3 Å². The number of hydrogen-bond acceptors (Lipinski definition) is 3. The molecule has 2 rings (SSSR count). The van der Waals surface area contributed by atoms with Crippen molar-refractivity contribution in [2.24, 2.45) is 5.92 Å². The van der Waals surface area contributed by atoms with Crippen LogP contribution in [0.4, 0.5) is 0 Å². The Morgan fingerprint density at radius 3 is 2.59 bits per heavy atom. The van der Waals surface area contributed by atoms with Crippen LogP contribution in [0.5, 0.6) is 0 Å². The van der Waals surface area contributed by atoms with Crippen molar-refractivity contribution < 1.29 is 0 Å². The first-order valence-electron chi connectivity index (χ1n) is 7.21. The highest BCUT2D eigenvalue weighted by molar-refractivity contribution is 4.96. The molecule has 0 bridgehead atoms. The second-order valence-corrected chi connectivity index (χ2v) is 6.27. The van der Waals surface area contributed by atoms with Gasteiger partial charge in [-0.1, -0.05) is 12.8 Å². The smallest absolute Gasteiger partial charge is 0.0330 e. The van der Waals surface area contributed by atoms with E-state index in [1.807, 2.05) is 0 Å². The highest BCUT2D eigenvalue weighted by atomic mass is 15.2. The van der Waals surface area contributed by atoms with Crippen LogP contribution in [0.1, 0.15) is 32.1 Å². The Hall–Kier alpha value is -0.120. The minimum absolute atomic E-state index is 0.481. The van der Waals surface area contributed by atoms with Crippen LogP contribution in [0.2, 0.25) is 0 Å². The normalized spacial score (nSPS) is 29.3. The Morgan fingerprint density at radius 1 is 1.29 bits per heavy atom. The monoisotopic (exact) mass is 239 g/mol. The highest BCUT2D eigenvalue weighted by Gasteiger charge is 2.38. The van der Waals surface area contributed by atoms with Crippen molar-refractivity contribution in [3.05, 3.63) is 0 Å². The Bertz CT molecular complexity index is 234. The van der Waals surface area contributed by atoms with E-state index < -0.39 is 0 Å². The standard InChI is InChI=1S/C14H29N3/c1-15-10-13-6-9-17(11-13)12-14(16(2)3)7-4-5-8-14/h13,15H,4-12H2,1-3H3. The molecule has 0 aromatic carbocycles. The van der Waals surface area contributed by atoms with Crippen molar-refractivity contribution in [3.8, 4) is 0 Å². The van der Waals surface area contributed by atoms with Crippen molar-refractivity contribution in [1.29, 1.82) is 0 Å². The fraction of sp³-hybridized carbons (Fsp3) is 1.00. The van der Waals surface area contributed by atoms with Gasteiger partial charge in [0, 0.05) is 18.6 Å². The number of likely N-dealkylation sites (tertiary alicyclic amines) is 1. The van der Waals surface area contributed by atoms with Crippen molar-refractivity contribution in [2.75, 3.05) is 47.3 Å². The molecular formula is C14H29N3. The molecule has 0 aromatic heterocycles. The van der Waals surface area contributed by atoms with Gasteiger partial charge >= 0.3 is 0 Å². The molecule has 3 heteroatoms. The van der Waals surface area contributed by atoms with Gasteiger partial charge in [0.05, 0.1) is 0 Å². The van der Waals surface area contributed by atoms with Crippen LogP contribution in [0, 0.1) is 5.92 Å². The van der Waals surface area contributed by atoms with Gasteiger partial charge in [-0.2, -0.15) is 0 Å². The second kappa shape index (κ2) is 5.68. The molecule has 0 radical (unpaired) electrons. The Labute approximate surface area is 107 Å². The second-order valence-electron chi connectivity index (χ2n) is 6.27. The summed E-state index contributed by atoms with van der Waals surface area (Å²) in [5, 5.41) is 3.32. The molecule has 17 heavy (non-hydrogen) atoms. The average molecular weight is 239 g/mol. The summed E-state index contributed by atoms with van der Waals surface area (Å²) >= 11 is 0. The van der Waals surface area contributed by atoms with Gasteiger partial charge in [-0.15, -0.1) is 0 Å². The van der Waals surface area contributed by atoms with Gasteiger partial charge in [0.2, 0.25) is 0 Å². The molecule has 2 aliphatic rings. The first kappa shape index (κ1) is 13.3. The maximum Gasteiger partial charge on any atom is 0.0330 e. The van der Waals surface area contributed by atoms with Crippen LogP contribution in [-0.4, -0.2) is 62.7 Å². The molecule has 0 aromatic rings. The zero-order valence-corrected chi connectivity index (χ0v) is 11.8. The van der Waals surface area contributed by atoms with Gasteiger partial charge in [-0.25, -0.2) is 0 Å². The molecule has 1 saturated carbocycles. The van der Waals surface area contributed by atoms with Crippen LogP contribution in [0.25, 0.3) is 0 Å². The predicted octanol–water partition coefficient (Wildman–Crippen LogP) is 1.40. The Kier molecular flexibility index (Phi) is 4.45.